The van der Waals surface area contributed by atoms with E-state index in [0.717, 1.165) is 13.2 Å². The van der Waals surface area contributed by atoms with Crippen LogP contribution in [0, 0.1) is 5.41 Å². The summed E-state index contributed by atoms with van der Waals surface area (Å²) in [6.07, 6.45) is 0. The second-order valence-electron chi connectivity index (χ2n) is 3.74. The SMILES string of the molecule is CC(CO)(CO)CNC1COC1. The fourth-order valence-corrected chi connectivity index (χ4v) is 0.906. The standard InChI is InChI=1S/C8H17NO3/c1-8(5-10,6-11)4-9-7-2-12-3-7/h7,9-11H,2-6H2,1H3. The van der Waals surface area contributed by atoms with Crippen LogP contribution in [0.4, 0.5) is 0 Å². The number of aliphatic hydroxyl groups is 2. The molecule has 0 amide bonds. The van der Waals surface area contributed by atoms with Crippen molar-refractivity contribution in [1.82, 2.24) is 5.32 Å². The second kappa shape index (κ2) is 4.18. The van der Waals surface area contributed by atoms with Crippen molar-refractivity contribution in [3.8, 4) is 0 Å². The summed E-state index contributed by atoms with van der Waals surface area (Å²) in [6.45, 7) is 3.97. The van der Waals surface area contributed by atoms with Crippen LogP contribution in [0.25, 0.3) is 0 Å². The van der Waals surface area contributed by atoms with Crippen molar-refractivity contribution in [1.29, 1.82) is 0 Å². The van der Waals surface area contributed by atoms with Crippen molar-refractivity contribution in [3.05, 3.63) is 0 Å². The highest BCUT2D eigenvalue weighted by atomic mass is 16.5. The van der Waals surface area contributed by atoms with Gasteiger partial charge in [-0.15, -0.1) is 0 Å². The second-order valence-corrected chi connectivity index (χ2v) is 3.74. The fraction of sp³-hybridized carbons (Fsp3) is 1.00. The first-order chi connectivity index (χ1) is 5.70. The first-order valence-corrected chi connectivity index (χ1v) is 4.23. The van der Waals surface area contributed by atoms with Gasteiger partial charge in [-0.2, -0.15) is 0 Å². The van der Waals surface area contributed by atoms with Crippen LogP contribution < -0.4 is 5.32 Å². The highest BCUT2D eigenvalue weighted by Crippen LogP contribution is 2.13. The minimum absolute atomic E-state index is 0.00404. The molecular formula is C8H17NO3. The molecule has 1 fully saturated rings. The van der Waals surface area contributed by atoms with Crippen molar-refractivity contribution in [2.45, 2.75) is 13.0 Å². The van der Waals surface area contributed by atoms with E-state index >= 15 is 0 Å². The summed E-state index contributed by atoms with van der Waals surface area (Å²) in [5.74, 6) is 0. The topological polar surface area (TPSA) is 61.7 Å². The number of nitrogens with one attached hydrogen (secondary N) is 1. The molecular weight excluding hydrogens is 158 g/mol. The van der Waals surface area contributed by atoms with E-state index in [1.807, 2.05) is 6.92 Å². The zero-order chi connectivity index (χ0) is 9.03. The molecule has 1 heterocycles. The Bertz CT molecular complexity index is 132. The van der Waals surface area contributed by atoms with Gasteiger partial charge in [0.15, 0.2) is 0 Å². The summed E-state index contributed by atoms with van der Waals surface area (Å²) >= 11 is 0. The monoisotopic (exact) mass is 175 g/mol. The molecule has 0 aliphatic carbocycles. The molecule has 0 aromatic heterocycles. The van der Waals surface area contributed by atoms with E-state index in [4.69, 9.17) is 14.9 Å². The van der Waals surface area contributed by atoms with Gasteiger partial charge in [-0.1, -0.05) is 6.92 Å². The minimum atomic E-state index is -0.407. The first kappa shape index (κ1) is 9.92. The van der Waals surface area contributed by atoms with Crippen molar-refractivity contribution in [3.63, 3.8) is 0 Å². The van der Waals surface area contributed by atoms with Gasteiger partial charge in [-0.3, -0.25) is 0 Å². The molecule has 0 spiro atoms. The molecule has 0 aromatic carbocycles. The normalized spacial score (nSPS) is 19.2. The third-order valence-corrected chi connectivity index (χ3v) is 2.22. The van der Waals surface area contributed by atoms with Gasteiger partial charge < -0.3 is 20.3 Å². The van der Waals surface area contributed by atoms with Gasteiger partial charge in [0, 0.05) is 12.0 Å². The maximum atomic E-state index is 8.96. The van der Waals surface area contributed by atoms with E-state index in [1.165, 1.54) is 0 Å². The van der Waals surface area contributed by atoms with Gasteiger partial charge in [0.05, 0.1) is 32.5 Å². The average Bonchev–Trinajstić information content (AvgIpc) is 2.01. The molecule has 3 N–H and O–H groups in total. The number of rotatable bonds is 5. The predicted octanol–water partition coefficient (Wildman–Crippen LogP) is -1.03. The molecule has 0 bridgehead atoms. The zero-order valence-corrected chi connectivity index (χ0v) is 7.42. The van der Waals surface area contributed by atoms with E-state index in [1.54, 1.807) is 0 Å². The van der Waals surface area contributed by atoms with Gasteiger partial charge >= 0.3 is 0 Å². The van der Waals surface area contributed by atoms with Crippen molar-refractivity contribution >= 4 is 0 Å². The maximum Gasteiger partial charge on any atom is 0.0643 e. The van der Waals surface area contributed by atoms with Gasteiger partial charge in [-0.05, 0) is 0 Å². The Kier molecular flexibility index (Phi) is 3.46. The Morgan fingerprint density at radius 3 is 2.33 bits per heavy atom. The number of aliphatic hydroxyl groups excluding tert-OH is 2. The number of hydrogen-bond acceptors (Lipinski definition) is 4. The van der Waals surface area contributed by atoms with Crippen LogP contribution in [0.2, 0.25) is 0 Å². The molecule has 0 aromatic rings. The number of hydrogen-bond donors (Lipinski definition) is 3. The molecule has 4 heteroatoms. The average molecular weight is 175 g/mol. The van der Waals surface area contributed by atoms with Crippen LogP contribution in [0.1, 0.15) is 6.92 Å². The Morgan fingerprint density at radius 2 is 2.00 bits per heavy atom. The van der Waals surface area contributed by atoms with Gasteiger partial charge in [0.25, 0.3) is 0 Å². The molecule has 1 aliphatic rings. The van der Waals surface area contributed by atoms with Crippen LogP contribution in [-0.4, -0.2) is 49.2 Å². The zero-order valence-electron chi connectivity index (χ0n) is 7.42. The highest BCUT2D eigenvalue weighted by Gasteiger charge is 2.25. The number of ether oxygens (including phenoxy) is 1. The predicted molar refractivity (Wildman–Crippen MR) is 44.9 cm³/mol. The summed E-state index contributed by atoms with van der Waals surface area (Å²) in [7, 11) is 0. The molecule has 1 rings (SSSR count). The van der Waals surface area contributed by atoms with Crippen molar-refractivity contribution < 1.29 is 14.9 Å². The summed E-state index contributed by atoms with van der Waals surface area (Å²) in [6, 6.07) is 0.405. The molecule has 4 nitrogen and oxygen atoms in total. The third-order valence-electron chi connectivity index (χ3n) is 2.22. The lowest BCUT2D eigenvalue weighted by atomic mass is 9.92. The lowest BCUT2D eigenvalue weighted by Gasteiger charge is -2.32. The van der Waals surface area contributed by atoms with Gasteiger partial charge in [-0.25, -0.2) is 0 Å². The minimum Gasteiger partial charge on any atom is -0.396 e. The van der Waals surface area contributed by atoms with E-state index < -0.39 is 5.41 Å². The summed E-state index contributed by atoms with van der Waals surface area (Å²) < 4.78 is 4.98. The summed E-state index contributed by atoms with van der Waals surface area (Å²) in [5, 5.41) is 21.1. The smallest absolute Gasteiger partial charge is 0.0643 e. The molecule has 1 aliphatic heterocycles. The highest BCUT2D eigenvalue weighted by molar-refractivity contribution is 4.80. The van der Waals surface area contributed by atoms with E-state index in [0.29, 0.717) is 12.6 Å². The quantitative estimate of drug-likeness (QED) is 0.500. The van der Waals surface area contributed by atoms with Gasteiger partial charge in [0.1, 0.15) is 0 Å². The molecule has 72 valence electrons. The molecule has 0 atom stereocenters. The van der Waals surface area contributed by atoms with E-state index in [-0.39, 0.29) is 13.2 Å². The molecule has 12 heavy (non-hydrogen) atoms. The van der Waals surface area contributed by atoms with E-state index in [2.05, 4.69) is 5.32 Å². The molecule has 0 radical (unpaired) electrons. The van der Waals surface area contributed by atoms with Crippen molar-refractivity contribution in [2.75, 3.05) is 33.0 Å². The van der Waals surface area contributed by atoms with Crippen molar-refractivity contribution in [2.24, 2.45) is 5.41 Å². The summed E-state index contributed by atoms with van der Waals surface area (Å²) in [5.41, 5.74) is -0.407. The first-order valence-electron chi connectivity index (χ1n) is 4.23. The maximum absolute atomic E-state index is 8.96. The third kappa shape index (κ3) is 2.42. The lowest BCUT2D eigenvalue weighted by Crippen LogP contribution is -2.50. The Labute approximate surface area is 72.5 Å². The Balaban J connectivity index is 2.17. The van der Waals surface area contributed by atoms with Crippen LogP contribution in [-0.2, 0) is 4.74 Å². The summed E-state index contributed by atoms with van der Waals surface area (Å²) in [4.78, 5) is 0. The lowest BCUT2D eigenvalue weighted by molar-refractivity contribution is -0.0163. The van der Waals surface area contributed by atoms with Crippen LogP contribution in [0.5, 0.6) is 0 Å². The Hall–Kier alpha value is -0.160. The van der Waals surface area contributed by atoms with Crippen LogP contribution in [0.15, 0.2) is 0 Å². The van der Waals surface area contributed by atoms with Crippen LogP contribution >= 0.6 is 0 Å². The molecule has 0 saturated carbocycles. The van der Waals surface area contributed by atoms with Gasteiger partial charge in [0.2, 0.25) is 0 Å². The fourth-order valence-electron chi connectivity index (χ4n) is 0.906. The van der Waals surface area contributed by atoms with Crippen LogP contribution in [0.3, 0.4) is 0 Å². The largest absolute Gasteiger partial charge is 0.396 e. The molecule has 1 saturated heterocycles. The molecule has 0 unspecified atom stereocenters. The van der Waals surface area contributed by atoms with E-state index in [9.17, 15) is 0 Å². The Morgan fingerprint density at radius 1 is 1.42 bits per heavy atom.